The van der Waals surface area contributed by atoms with Gasteiger partial charge in [0.25, 0.3) is 0 Å². The molecule has 74 heavy (non-hydrogen) atoms. The van der Waals surface area contributed by atoms with Crippen LogP contribution in [0, 0.1) is 5.92 Å². The Bertz CT molecular complexity index is 3770. The van der Waals surface area contributed by atoms with E-state index in [2.05, 4.69) is 301 Å². The lowest BCUT2D eigenvalue weighted by Gasteiger charge is -2.33. The third-order valence-corrected chi connectivity index (χ3v) is 15.9. The van der Waals surface area contributed by atoms with Crippen LogP contribution in [0.15, 0.2) is 272 Å². The molecule has 0 N–H and O–H groups in total. The first-order chi connectivity index (χ1) is 36.2. The highest BCUT2D eigenvalue weighted by molar-refractivity contribution is 5.99. The molecule has 1 spiro atoms. The summed E-state index contributed by atoms with van der Waals surface area (Å²) in [6.07, 6.45) is 14.0. The Morgan fingerprint density at radius 1 is 0.459 bits per heavy atom. The van der Waals surface area contributed by atoms with Crippen LogP contribution in [0.1, 0.15) is 69.4 Å². The van der Waals surface area contributed by atoms with Gasteiger partial charge in [0.2, 0.25) is 0 Å². The normalized spacial score (nSPS) is 16.3. The van der Waals surface area contributed by atoms with Crippen molar-refractivity contribution in [2.45, 2.75) is 52.4 Å². The molecule has 1 heteroatoms. The highest BCUT2D eigenvalue weighted by atomic mass is 15.1. The highest BCUT2D eigenvalue weighted by Crippen LogP contribution is 2.63. The second kappa shape index (κ2) is 18.8. The molecule has 0 saturated heterocycles. The molecule has 0 heterocycles. The fourth-order valence-corrected chi connectivity index (χ4v) is 12.6. The van der Waals surface area contributed by atoms with Crippen molar-refractivity contribution in [1.82, 2.24) is 0 Å². The van der Waals surface area contributed by atoms with Gasteiger partial charge < -0.3 is 4.90 Å². The molecule has 0 fully saturated rings. The molecule has 0 bridgehead atoms. The van der Waals surface area contributed by atoms with E-state index >= 15 is 0 Å². The smallest absolute Gasteiger partial charge is 0.0716 e. The minimum absolute atomic E-state index is 0.157. The molecular weight excluding hydrogens is 891 g/mol. The Labute approximate surface area is 438 Å². The highest BCUT2D eigenvalue weighted by Gasteiger charge is 2.51. The average Bonchev–Trinajstić information content (AvgIpc) is 4.02. The number of hydrogen-bond donors (Lipinski definition) is 0. The van der Waals surface area contributed by atoms with E-state index in [1.54, 1.807) is 0 Å². The third-order valence-electron chi connectivity index (χ3n) is 15.9. The maximum Gasteiger partial charge on any atom is 0.0716 e. The Morgan fingerprint density at radius 2 is 1.04 bits per heavy atom. The largest absolute Gasteiger partial charge is 0.310 e. The SMILES string of the molecule is C/C=C\C1=C(C(C)C)C=C(/C=C(\C=C/C)c2ccccc2)C12c1ccccc1-c1c(-c3ccc(N(c4ccc5c(c4)C(C)(C)c4ccccc4-5)c4ccc(-c5ccccc5)cc4-c4ccccc4)cc3)cccc12. The van der Waals surface area contributed by atoms with Gasteiger partial charge >= 0.3 is 0 Å². The molecule has 1 unspecified atom stereocenters. The Morgan fingerprint density at radius 3 is 1.74 bits per heavy atom. The fourth-order valence-electron chi connectivity index (χ4n) is 12.6. The van der Waals surface area contributed by atoms with Gasteiger partial charge in [0.05, 0.1) is 11.1 Å². The maximum absolute atomic E-state index is 2.50. The molecule has 0 amide bonds. The van der Waals surface area contributed by atoms with E-state index in [-0.39, 0.29) is 5.41 Å². The third kappa shape index (κ3) is 7.52. The van der Waals surface area contributed by atoms with Crippen molar-refractivity contribution < 1.29 is 0 Å². The summed E-state index contributed by atoms with van der Waals surface area (Å²) < 4.78 is 0. The molecule has 3 aliphatic rings. The molecule has 1 atom stereocenters. The molecule has 9 aromatic carbocycles. The van der Waals surface area contributed by atoms with E-state index in [4.69, 9.17) is 0 Å². The lowest BCUT2D eigenvalue weighted by Crippen LogP contribution is -2.27. The van der Waals surface area contributed by atoms with E-state index in [0.717, 1.165) is 17.1 Å². The summed E-state index contributed by atoms with van der Waals surface area (Å²) in [7, 11) is 0. The van der Waals surface area contributed by atoms with E-state index in [9.17, 15) is 0 Å². The second-order valence-corrected chi connectivity index (χ2v) is 20.9. The van der Waals surface area contributed by atoms with E-state index in [0.29, 0.717) is 5.92 Å². The standard InChI is InChI=1S/C73H61N/c1-7-23-54(50-25-12-9-13-26-50)45-56-47-63(49(3)4)66(24-8-2)73(56)67-35-21-19-32-62(67)71-59(33-22-36-68(71)73)53-37-40-57(41-38-53)74(58-42-43-61-60-31-18-20-34-65(60)72(5,6)69(61)48-58)70-44-39-55(51-27-14-10-15-28-51)46-64(70)52-29-16-11-17-30-52/h7-49H,1-6H3/b23-7-,24-8-,54-45+. The van der Waals surface area contributed by atoms with E-state index in [1.807, 2.05) is 0 Å². The van der Waals surface area contributed by atoms with E-state index in [1.165, 1.54) is 106 Å². The molecule has 12 rings (SSSR count). The molecule has 3 aliphatic carbocycles. The maximum atomic E-state index is 2.50. The van der Waals surface area contributed by atoms with Crippen LogP contribution in [-0.4, -0.2) is 0 Å². The molecule has 358 valence electrons. The van der Waals surface area contributed by atoms with Crippen molar-refractivity contribution in [3.63, 3.8) is 0 Å². The van der Waals surface area contributed by atoms with Crippen LogP contribution >= 0.6 is 0 Å². The summed E-state index contributed by atoms with van der Waals surface area (Å²) in [5, 5.41) is 0. The van der Waals surface area contributed by atoms with Gasteiger partial charge in [0.1, 0.15) is 0 Å². The quantitative estimate of drug-likeness (QED) is 0.117. The Balaban J connectivity index is 1.05. The van der Waals surface area contributed by atoms with Gasteiger partial charge in [-0.25, -0.2) is 0 Å². The predicted octanol–water partition coefficient (Wildman–Crippen LogP) is 19.9. The molecule has 0 aliphatic heterocycles. The number of hydrogen-bond acceptors (Lipinski definition) is 1. The van der Waals surface area contributed by atoms with Crippen molar-refractivity contribution in [1.29, 1.82) is 0 Å². The van der Waals surface area contributed by atoms with Gasteiger partial charge in [0, 0.05) is 22.4 Å². The van der Waals surface area contributed by atoms with Crippen molar-refractivity contribution in [3.05, 3.63) is 299 Å². The molecule has 0 radical (unpaired) electrons. The zero-order valence-electron chi connectivity index (χ0n) is 43.3. The number of nitrogens with zero attached hydrogens (tertiary/aromatic N) is 1. The monoisotopic (exact) mass is 951 g/mol. The van der Waals surface area contributed by atoms with E-state index < -0.39 is 5.41 Å². The summed E-state index contributed by atoms with van der Waals surface area (Å²) >= 11 is 0. The summed E-state index contributed by atoms with van der Waals surface area (Å²) in [6, 6.07) is 81.1. The van der Waals surface area contributed by atoms with Crippen LogP contribution in [0.4, 0.5) is 17.1 Å². The van der Waals surface area contributed by atoms with Crippen LogP contribution in [0.25, 0.3) is 61.2 Å². The van der Waals surface area contributed by atoms with Gasteiger partial charge in [0.15, 0.2) is 0 Å². The van der Waals surface area contributed by atoms with Crippen molar-refractivity contribution >= 4 is 22.6 Å². The number of allylic oxidation sites excluding steroid dienone is 10. The zero-order valence-corrected chi connectivity index (χ0v) is 43.3. The predicted molar refractivity (Wildman–Crippen MR) is 315 cm³/mol. The van der Waals surface area contributed by atoms with Crippen LogP contribution < -0.4 is 4.90 Å². The van der Waals surface area contributed by atoms with Gasteiger partial charge in [-0.05, 0) is 162 Å². The number of benzene rings is 9. The summed E-state index contributed by atoms with van der Waals surface area (Å²) in [5.74, 6) is 0.324. The minimum atomic E-state index is -0.507. The summed E-state index contributed by atoms with van der Waals surface area (Å²) in [4.78, 5) is 2.48. The van der Waals surface area contributed by atoms with Crippen molar-refractivity contribution in [2.24, 2.45) is 5.92 Å². The van der Waals surface area contributed by atoms with Crippen LogP contribution in [0.3, 0.4) is 0 Å². The Kier molecular flexibility index (Phi) is 11.8. The first-order valence-electron chi connectivity index (χ1n) is 26.3. The molecule has 9 aromatic rings. The first kappa shape index (κ1) is 46.5. The summed E-state index contributed by atoms with van der Waals surface area (Å²) in [6.45, 7) is 13.7. The molecule has 1 nitrogen and oxygen atoms in total. The van der Waals surface area contributed by atoms with Crippen LogP contribution in [-0.2, 0) is 10.8 Å². The average molecular weight is 952 g/mol. The molecule has 0 saturated carbocycles. The first-order valence-corrected chi connectivity index (χ1v) is 26.3. The van der Waals surface area contributed by atoms with Crippen molar-refractivity contribution in [2.75, 3.05) is 4.90 Å². The van der Waals surface area contributed by atoms with Crippen LogP contribution in [0.2, 0.25) is 0 Å². The summed E-state index contributed by atoms with van der Waals surface area (Å²) in [5.41, 5.74) is 26.9. The van der Waals surface area contributed by atoms with Gasteiger partial charge in [-0.2, -0.15) is 0 Å². The lowest BCUT2D eigenvalue weighted by molar-refractivity contribution is 0.660. The second-order valence-electron chi connectivity index (χ2n) is 20.9. The lowest BCUT2D eigenvalue weighted by atomic mass is 9.68. The molecular formula is C73H61N. The van der Waals surface area contributed by atoms with Gasteiger partial charge in [-0.3, -0.25) is 0 Å². The fraction of sp³-hybridized carbons (Fsp3) is 0.123. The molecule has 0 aromatic heterocycles. The van der Waals surface area contributed by atoms with Gasteiger partial charge in [-0.15, -0.1) is 0 Å². The topological polar surface area (TPSA) is 3.24 Å². The Hall–Kier alpha value is -8.52. The number of rotatable bonds is 11. The minimum Gasteiger partial charge on any atom is -0.310 e. The zero-order chi connectivity index (χ0) is 50.6. The van der Waals surface area contributed by atoms with Gasteiger partial charge in [-0.1, -0.05) is 240 Å². The van der Waals surface area contributed by atoms with Crippen LogP contribution in [0.5, 0.6) is 0 Å². The van der Waals surface area contributed by atoms with Crippen molar-refractivity contribution in [3.8, 4) is 55.6 Å². The number of fused-ring (bicyclic) bond motifs is 8. The number of anilines is 3.